The number of halogens is 1. The summed E-state index contributed by atoms with van der Waals surface area (Å²) in [5.74, 6) is 2.21. The van der Waals surface area contributed by atoms with Crippen LogP contribution in [0.1, 0.15) is 10.4 Å². The molecule has 1 heterocycles. The number of nitrogens with one attached hydrogen (secondary N) is 1. The Morgan fingerprint density at radius 3 is 3.07 bits per heavy atom. The van der Waals surface area contributed by atoms with E-state index in [0.29, 0.717) is 11.4 Å². The molecule has 0 spiro atoms. The van der Waals surface area contributed by atoms with Gasteiger partial charge in [0.2, 0.25) is 0 Å². The Morgan fingerprint density at radius 1 is 1.73 bits per heavy atom. The van der Waals surface area contributed by atoms with Crippen LogP contribution in [0.5, 0.6) is 0 Å². The lowest BCUT2D eigenvalue weighted by Crippen LogP contribution is -2.10. The lowest BCUT2D eigenvalue weighted by molar-refractivity contribution is 0.0601. The smallest absolute Gasteiger partial charge is 0.341 e. The summed E-state index contributed by atoms with van der Waals surface area (Å²) in [5.41, 5.74) is 0.303. The molecule has 0 atom stereocenters. The largest absolute Gasteiger partial charge is 0.465 e. The zero-order valence-electron chi connectivity index (χ0n) is 8.08. The van der Waals surface area contributed by atoms with Gasteiger partial charge >= 0.3 is 5.97 Å². The summed E-state index contributed by atoms with van der Waals surface area (Å²) in [6.45, 7) is 0.261. The van der Waals surface area contributed by atoms with Gasteiger partial charge < -0.3 is 10.1 Å². The van der Waals surface area contributed by atoms with Crippen LogP contribution in [0.2, 0.25) is 5.15 Å². The highest BCUT2D eigenvalue weighted by molar-refractivity contribution is 6.29. The molecule has 1 rings (SSSR count). The third-order valence-corrected chi connectivity index (χ3v) is 1.83. The monoisotopic (exact) mass is 224 g/mol. The van der Waals surface area contributed by atoms with Gasteiger partial charge in [-0.2, -0.15) is 0 Å². The van der Waals surface area contributed by atoms with Crippen LogP contribution in [-0.2, 0) is 4.74 Å². The number of terminal acetylenes is 1. The predicted octanol–water partition coefficient (Wildman–Crippen LogP) is 1.57. The lowest BCUT2D eigenvalue weighted by atomic mass is 10.2. The maximum atomic E-state index is 11.3. The summed E-state index contributed by atoms with van der Waals surface area (Å²) < 4.78 is 4.58. The van der Waals surface area contributed by atoms with E-state index < -0.39 is 5.97 Å². The average molecular weight is 225 g/mol. The number of hydrogen-bond acceptors (Lipinski definition) is 4. The Balaban J connectivity index is 3.04. The molecular weight excluding hydrogens is 216 g/mol. The lowest BCUT2D eigenvalue weighted by Gasteiger charge is -2.07. The van der Waals surface area contributed by atoms with Crippen LogP contribution >= 0.6 is 11.6 Å². The number of rotatable bonds is 3. The Labute approximate surface area is 92.6 Å². The minimum Gasteiger partial charge on any atom is -0.465 e. The molecule has 78 valence electrons. The van der Waals surface area contributed by atoms with E-state index in [0.717, 1.165) is 0 Å². The second kappa shape index (κ2) is 5.23. The molecule has 4 nitrogen and oxygen atoms in total. The quantitative estimate of drug-likeness (QED) is 0.481. The minimum atomic E-state index is -0.487. The van der Waals surface area contributed by atoms with Gasteiger partial charge in [-0.3, -0.25) is 0 Å². The highest BCUT2D eigenvalue weighted by Gasteiger charge is 2.12. The molecule has 0 unspecified atom stereocenters. The van der Waals surface area contributed by atoms with Crippen molar-refractivity contribution in [1.29, 1.82) is 0 Å². The number of methoxy groups -OCH3 is 1. The summed E-state index contributed by atoms with van der Waals surface area (Å²) in [6, 6.07) is 3.04. The highest BCUT2D eigenvalue weighted by Crippen LogP contribution is 2.17. The topological polar surface area (TPSA) is 51.2 Å². The third kappa shape index (κ3) is 2.86. The fourth-order valence-electron chi connectivity index (χ4n) is 0.980. The van der Waals surface area contributed by atoms with E-state index in [2.05, 4.69) is 21.0 Å². The van der Waals surface area contributed by atoms with Crippen molar-refractivity contribution in [3.8, 4) is 12.3 Å². The molecule has 0 aliphatic heterocycles. The molecule has 0 saturated carbocycles. The first-order chi connectivity index (χ1) is 7.19. The number of ether oxygens (including phenoxy) is 1. The number of carbonyl (C=O) groups excluding carboxylic acids is 1. The van der Waals surface area contributed by atoms with E-state index in [4.69, 9.17) is 18.0 Å². The van der Waals surface area contributed by atoms with Crippen LogP contribution < -0.4 is 5.32 Å². The summed E-state index contributed by atoms with van der Waals surface area (Å²) >= 11 is 5.69. The van der Waals surface area contributed by atoms with Gasteiger partial charge in [-0.15, -0.1) is 6.42 Å². The molecule has 1 aromatic rings. The summed E-state index contributed by atoms with van der Waals surface area (Å²) in [4.78, 5) is 15.2. The molecule has 0 aliphatic carbocycles. The van der Waals surface area contributed by atoms with Gasteiger partial charge in [-0.1, -0.05) is 17.5 Å². The molecule has 1 aromatic heterocycles. The summed E-state index contributed by atoms with van der Waals surface area (Å²) in [6.07, 6.45) is 5.08. The molecule has 0 aliphatic rings. The molecule has 0 aromatic carbocycles. The minimum absolute atomic E-state index is 0.261. The van der Waals surface area contributed by atoms with E-state index in [1.165, 1.54) is 19.2 Å². The highest BCUT2D eigenvalue weighted by atomic mass is 35.5. The predicted molar refractivity (Wildman–Crippen MR) is 57.9 cm³/mol. The number of pyridine rings is 1. The molecule has 0 saturated heterocycles. The van der Waals surface area contributed by atoms with Crippen molar-refractivity contribution in [1.82, 2.24) is 4.98 Å². The zero-order chi connectivity index (χ0) is 11.3. The van der Waals surface area contributed by atoms with Crippen LogP contribution in [0.15, 0.2) is 12.1 Å². The second-order valence-corrected chi connectivity index (χ2v) is 2.97. The van der Waals surface area contributed by atoms with Crippen LogP contribution in [0.3, 0.4) is 0 Å². The maximum Gasteiger partial charge on any atom is 0.341 e. The van der Waals surface area contributed by atoms with Crippen LogP contribution in [0.25, 0.3) is 0 Å². The standard InChI is InChI=1S/C10H9ClN2O2/c1-3-6-12-9-7(10(14)15-2)4-5-8(11)13-9/h1,4-5H,6H2,2H3,(H,12,13). The SMILES string of the molecule is C#CCNc1nc(Cl)ccc1C(=O)OC. The molecule has 0 amide bonds. The van der Waals surface area contributed by atoms with Gasteiger partial charge in [0.25, 0.3) is 0 Å². The van der Waals surface area contributed by atoms with Gasteiger partial charge in [0.15, 0.2) is 0 Å². The van der Waals surface area contributed by atoms with Crippen LogP contribution in [0, 0.1) is 12.3 Å². The second-order valence-electron chi connectivity index (χ2n) is 2.58. The molecule has 0 bridgehead atoms. The Morgan fingerprint density at radius 2 is 2.47 bits per heavy atom. The Hall–Kier alpha value is -1.73. The van der Waals surface area contributed by atoms with Crippen molar-refractivity contribution in [2.24, 2.45) is 0 Å². The van der Waals surface area contributed by atoms with E-state index in [1.54, 1.807) is 0 Å². The molecule has 1 N–H and O–H groups in total. The Bertz CT molecular complexity index is 412. The van der Waals surface area contributed by atoms with Crippen molar-refractivity contribution in [2.45, 2.75) is 0 Å². The third-order valence-electron chi connectivity index (χ3n) is 1.62. The van der Waals surface area contributed by atoms with E-state index in [1.807, 2.05) is 0 Å². The number of nitrogens with zero attached hydrogens (tertiary/aromatic N) is 1. The number of anilines is 1. The fourth-order valence-corrected chi connectivity index (χ4v) is 1.13. The molecular formula is C10H9ClN2O2. The van der Waals surface area contributed by atoms with Crippen molar-refractivity contribution in [3.05, 3.63) is 22.8 Å². The normalized spacial score (nSPS) is 9.13. The molecule has 15 heavy (non-hydrogen) atoms. The first-order valence-corrected chi connectivity index (χ1v) is 4.49. The van der Waals surface area contributed by atoms with Crippen LogP contribution in [0.4, 0.5) is 5.82 Å². The summed E-state index contributed by atoms with van der Waals surface area (Å²) in [7, 11) is 1.29. The van der Waals surface area contributed by atoms with Crippen molar-refractivity contribution < 1.29 is 9.53 Å². The van der Waals surface area contributed by atoms with Crippen molar-refractivity contribution >= 4 is 23.4 Å². The van der Waals surface area contributed by atoms with E-state index >= 15 is 0 Å². The van der Waals surface area contributed by atoms with E-state index in [9.17, 15) is 4.79 Å². The maximum absolute atomic E-state index is 11.3. The van der Waals surface area contributed by atoms with Gasteiger partial charge in [0, 0.05) is 0 Å². The van der Waals surface area contributed by atoms with Gasteiger partial charge in [-0.05, 0) is 12.1 Å². The fraction of sp³-hybridized carbons (Fsp3) is 0.200. The van der Waals surface area contributed by atoms with Gasteiger partial charge in [0.05, 0.1) is 13.7 Å². The summed E-state index contributed by atoms with van der Waals surface area (Å²) in [5, 5.41) is 3.07. The number of hydrogen-bond donors (Lipinski definition) is 1. The van der Waals surface area contributed by atoms with Crippen molar-refractivity contribution in [2.75, 3.05) is 19.0 Å². The average Bonchev–Trinajstić information content (AvgIpc) is 2.25. The van der Waals surface area contributed by atoms with Gasteiger partial charge in [0.1, 0.15) is 16.5 Å². The first-order valence-electron chi connectivity index (χ1n) is 4.11. The van der Waals surface area contributed by atoms with Crippen LogP contribution in [-0.4, -0.2) is 24.6 Å². The number of carbonyl (C=O) groups is 1. The Kier molecular flexibility index (Phi) is 3.95. The molecule has 5 heteroatoms. The molecule has 0 fully saturated rings. The molecule has 0 radical (unpaired) electrons. The number of esters is 1. The number of aromatic nitrogens is 1. The van der Waals surface area contributed by atoms with Crippen molar-refractivity contribution in [3.63, 3.8) is 0 Å². The first kappa shape index (κ1) is 11.3. The van der Waals surface area contributed by atoms with E-state index in [-0.39, 0.29) is 11.7 Å². The zero-order valence-corrected chi connectivity index (χ0v) is 8.84. The van der Waals surface area contributed by atoms with Gasteiger partial charge in [-0.25, -0.2) is 9.78 Å².